The fourth-order valence-electron chi connectivity index (χ4n) is 1.74. The minimum Gasteiger partial charge on any atom is -0.461 e. The monoisotopic (exact) mass is 191 g/mol. The van der Waals surface area contributed by atoms with Gasteiger partial charge in [0.25, 0.3) is 0 Å². The largest absolute Gasteiger partial charge is 0.461 e. The van der Waals surface area contributed by atoms with E-state index >= 15 is 0 Å². The van der Waals surface area contributed by atoms with Gasteiger partial charge in [0.2, 0.25) is 0 Å². The van der Waals surface area contributed by atoms with Crippen molar-refractivity contribution in [2.24, 2.45) is 5.73 Å². The lowest BCUT2D eigenvalue weighted by molar-refractivity contribution is 0.267. The normalized spacial score (nSPS) is 13.4. The lowest BCUT2D eigenvalue weighted by Crippen LogP contribution is -2.14. The van der Waals surface area contributed by atoms with Gasteiger partial charge in [0, 0.05) is 10.9 Å². The molecule has 0 aliphatic rings. The molecule has 3 N–H and O–H groups in total. The molecule has 1 atom stereocenters. The smallest absolute Gasteiger partial charge is 0.134 e. The van der Waals surface area contributed by atoms with Crippen molar-refractivity contribution in [3.8, 4) is 0 Å². The van der Waals surface area contributed by atoms with Crippen molar-refractivity contribution >= 4 is 11.0 Å². The third-order valence-electron chi connectivity index (χ3n) is 2.39. The highest BCUT2D eigenvalue weighted by Gasteiger charge is 2.15. The summed E-state index contributed by atoms with van der Waals surface area (Å²) in [5.74, 6) is 0.785. The van der Waals surface area contributed by atoms with E-state index in [2.05, 4.69) is 0 Å². The van der Waals surface area contributed by atoms with Gasteiger partial charge < -0.3 is 15.3 Å². The summed E-state index contributed by atoms with van der Waals surface area (Å²) in [6.07, 6.45) is 0. The van der Waals surface area contributed by atoms with Crippen molar-refractivity contribution in [1.82, 2.24) is 0 Å². The Labute approximate surface area is 82.1 Å². The molecular weight excluding hydrogens is 178 g/mol. The second kappa shape index (κ2) is 3.44. The maximum Gasteiger partial charge on any atom is 0.134 e. The summed E-state index contributed by atoms with van der Waals surface area (Å²) in [7, 11) is 0. The van der Waals surface area contributed by atoms with Crippen LogP contribution in [0.1, 0.15) is 17.4 Å². The van der Waals surface area contributed by atoms with Gasteiger partial charge in [-0.3, -0.25) is 0 Å². The SMILES string of the molecule is Cc1oc2ccccc2c1[C@@H](N)CO. The van der Waals surface area contributed by atoms with Crippen LogP contribution in [0.3, 0.4) is 0 Å². The predicted octanol–water partition coefficient (Wildman–Crippen LogP) is 1.73. The summed E-state index contributed by atoms with van der Waals surface area (Å²) in [5, 5.41) is 10.0. The first kappa shape index (κ1) is 9.24. The summed E-state index contributed by atoms with van der Waals surface area (Å²) < 4.78 is 5.53. The highest BCUT2D eigenvalue weighted by atomic mass is 16.3. The topological polar surface area (TPSA) is 59.4 Å². The van der Waals surface area contributed by atoms with Gasteiger partial charge in [0.15, 0.2) is 0 Å². The van der Waals surface area contributed by atoms with Crippen molar-refractivity contribution < 1.29 is 9.52 Å². The molecule has 2 rings (SSSR count). The number of furan rings is 1. The van der Waals surface area contributed by atoms with Crippen LogP contribution in [0.15, 0.2) is 28.7 Å². The highest BCUT2D eigenvalue weighted by molar-refractivity contribution is 5.82. The van der Waals surface area contributed by atoms with E-state index in [4.69, 9.17) is 15.3 Å². The second-order valence-electron chi connectivity index (χ2n) is 3.36. The standard InChI is InChI=1S/C11H13NO2/c1-7-11(9(12)6-13)8-4-2-3-5-10(8)14-7/h2-5,9,13H,6,12H2,1H3/t9-/m0/s1. The molecule has 0 unspecified atom stereocenters. The fraction of sp³-hybridized carbons (Fsp3) is 0.273. The van der Waals surface area contributed by atoms with Gasteiger partial charge in [0.05, 0.1) is 12.6 Å². The molecule has 0 radical (unpaired) electrons. The van der Waals surface area contributed by atoms with E-state index in [9.17, 15) is 0 Å². The van der Waals surface area contributed by atoms with E-state index in [0.717, 1.165) is 22.3 Å². The minimum atomic E-state index is -0.362. The average molecular weight is 191 g/mol. The van der Waals surface area contributed by atoms with Crippen molar-refractivity contribution in [2.45, 2.75) is 13.0 Å². The van der Waals surface area contributed by atoms with Crippen molar-refractivity contribution in [3.63, 3.8) is 0 Å². The zero-order chi connectivity index (χ0) is 10.1. The molecule has 1 heterocycles. The van der Waals surface area contributed by atoms with Gasteiger partial charge in [-0.2, -0.15) is 0 Å². The van der Waals surface area contributed by atoms with E-state index in [1.54, 1.807) is 0 Å². The molecule has 0 saturated carbocycles. The predicted molar refractivity (Wildman–Crippen MR) is 55.0 cm³/mol. The maximum absolute atomic E-state index is 9.02. The number of hydrogen-bond donors (Lipinski definition) is 2. The second-order valence-corrected chi connectivity index (χ2v) is 3.36. The van der Waals surface area contributed by atoms with Crippen LogP contribution in [0.5, 0.6) is 0 Å². The van der Waals surface area contributed by atoms with E-state index in [1.165, 1.54) is 0 Å². The number of aliphatic hydroxyl groups excluding tert-OH is 1. The van der Waals surface area contributed by atoms with Crippen LogP contribution in [-0.2, 0) is 0 Å². The highest BCUT2D eigenvalue weighted by Crippen LogP contribution is 2.28. The van der Waals surface area contributed by atoms with Crippen molar-refractivity contribution in [1.29, 1.82) is 0 Å². The lowest BCUT2D eigenvalue weighted by Gasteiger charge is -2.06. The molecule has 0 fully saturated rings. The van der Waals surface area contributed by atoms with Crippen LogP contribution in [0.2, 0.25) is 0 Å². The van der Waals surface area contributed by atoms with Crippen LogP contribution < -0.4 is 5.73 Å². The molecule has 0 saturated heterocycles. The van der Waals surface area contributed by atoms with Gasteiger partial charge in [0.1, 0.15) is 11.3 Å². The minimum absolute atomic E-state index is 0.0651. The number of fused-ring (bicyclic) bond motifs is 1. The summed E-state index contributed by atoms with van der Waals surface area (Å²) in [4.78, 5) is 0. The van der Waals surface area contributed by atoms with Crippen molar-refractivity contribution in [3.05, 3.63) is 35.6 Å². The zero-order valence-corrected chi connectivity index (χ0v) is 8.03. The number of para-hydroxylation sites is 1. The van der Waals surface area contributed by atoms with Crippen LogP contribution in [0.25, 0.3) is 11.0 Å². The molecule has 0 aliphatic carbocycles. The molecule has 1 aromatic heterocycles. The number of aryl methyl sites for hydroxylation is 1. The first-order valence-corrected chi connectivity index (χ1v) is 4.58. The molecule has 0 amide bonds. The third-order valence-corrected chi connectivity index (χ3v) is 2.39. The third kappa shape index (κ3) is 1.31. The van der Waals surface area contributed by atoms with Crippen LogP contribution in [0, 0.1) is 6.92 Å². The maximum atomic E-state index is 9.02. The molecule has 14 heavy (non-hydrogen) atoms. The Bertz CT molecular complexity index is 447. The summed E-state index contributed by atoms with van der Waals surface area (Å²) in [6, 6.07) is 7.34. The van der Waals surface area contributed by atoms with Gasteiger partial charge >= 0.3 is 0 Å². The Hall–Kier alpha value is -1.32. The number of hydrogen-bond acceptors (Lipinski definition) is 3. The Morgan fingerprint density at radius 1 is 1.43 bits per heavy atom. The Morgan fingerprint density at radius 3 is 2.86 bits per heavy atom. The molecule has 2 aromatic rings. The zero-order valence-electron chi connectivity index (χ0n) is 8.03. The van der Waals surface area contributed by atoms with Crippen LogP contribution in [-0.4, -0.2) is 11.7 Å². The van der Waals surface area contributed by atoms with Gasteiger partial charge in [-0.25, -0.2) is 0 Å². The van der Waals surface area contributed by atoms with Crippen molar-refractivity contribution in [2.75, 3.05) is 6.61 Å². The Kier molecular flexibility index (Phi) is 2.27. The molecular formula is C11H13NO2. The van der Waals surface area contributed by atoms with Crippen LogP contribution >= 0.6 is 0 Å². The van der Waals surface area contributed by atoms with Gasteiger partial charge in [-0.15, -0.1) is 0 Å². The van der Waals surface area contributed by atoms with Gasteiger partial charge in [-0.1, -0.05) is 18.2 Å². The Balaban J connectivity index is 2.67. The number of rotatable bonds is 2. The molecule has 3 nitrogen and oxygen atoms in total. The molecule has 1 aromatic carbocycles. The molecule has 74 valence electrons. The molecule has 3 heteroatoms. The van der Waals surface area contributed by atoms with E-state index in [-0.39, 0.29) is 12.6 Å². The first-order valence-electron chi connectivity index (χ1n) is 4.58. The van der Waals surface area contributed by atoms with Gasteiger partial charge in [-0.05, 0) is 13.0 Å². The molecule has 0 aliphatic heterocycles. The molecule has 0 bridgehead atoms. The average Bonchev–Trinajstić information content (AvgIpc) is 2.53. The van der Waals surface area contributed by atoms with Crippen LogP contribution in [0.4, 0.5) is 0 Å². The summed E-state index contributed by atoms with van der Waals surface area (Å²) >= 11 is 0. The van der Waals surface area contributed by atoms with E-state index in [0.29, 0.717) is 0 Å². The quantitative estimate of drug-likeness (QED) is 0.760. The number of aliphatic hydroxyl groups is 1. The number of nitrogens with two attached hydrogens (primary N) is 1. The lowest BCUT2D eigenvalue weighted by atomic mass is 10.0. The van der Waals surface area contributed by atoms with E-state index in [1.807, 2.05) is 31.2 Å². The fourth-order valence-corrected chi connectivity index (χ4v) is 1.74. The Morgan fingerprint density at radius 2 is 2.14 bits per heavy atom. The molecule has 0 spiro atoms. The van der Waals surface area contributed by atoms with E-state index < -0.39 is 0 Å². The summed E-state index contributed by atoms with van der Waals surface area (Å²) in [5.41, 5.74) is 7.52. The number of benzene rings is 1. The summed E-state index contributed by atoms with van der Waals surface area (Å²) in [6.45, 7) is 1.80. The first-order chi connectivity index (χ1) is 6.74.